The van der Waals surface area contributed by atoms with Gasteiger partial charge in [-0.1, -0.05) is 0 Å². The van der Waals surface area contributed by atoms with E-state index in [0.717, 1.165) is 0 Å². The highest BCUT2D eigenvalue weighted by Crippen LogP contribution is 2.45. The Morgan fingerprint density at radius 1 is 0.818 bits per heavy atom. The van der Waals surface area contributed by atoms with Gasteiger partial charge in [0.2, 0.25) is 0 Å². The van der Waals surface area contributed by atoms with Crippen LogP contribution in [-0.4, -0.2) is 21.3 Å². The van der Waals surface area contributed by atoms with E-state index < -0.39 is 0 Å². The maximum atomic E-state index is 6.17. The van der Waals surface area contributed by atoms with Gasteiger partial charge in [0.25, 0.3) is 0 Å². The van der Waals surface area contributed by atoms with Crippen molar-refractivity contribution in [1.29, 1.82) is 0 Å². The fourth-order valence-corrected chi connectivity index (χ4v) is 4.38. The molecule has 0 aromatic carbocycles. The van der Waals surface area contributed by atoms with Crippen LogP contribution in [0, 0.1) is 0 Å². The third kappa shape index (κ3) is 1.66. The van der Waals surface area contributed by atoms with Crippen LogP contribution in [0.1, 0.15) is 25.7 Å². The molecule has 4 atom stereocenters. The van der Waals surface area contributed by atoms with Gasteiger partial charge in [0.05, 0.1) is 0 Å². The number of fused-ring (bicyclic) bond motifs is 2. The minimum Gasteiger partial charge on any atom is -0.152 e. The van der Waals surface area contributed by atoms with Gasteiger partial charge in [-0.15, -0.1) is 23.2 Å². The first kappa shape index (κ1) is 8.52. The van der Waals surface area contributed by atoms with E-state index in [4.69, 9.17) is 23.2 Å². The first-order chi connectivity index (χ1) is 5.27. The van der Waals surface area contributed by atoms with Crippen LogP contribution in [0.15, 0.2) is 0 Å². The van der Waals surface area contributed by atoms with E-state index in [-0.39, 0.29) is 0 Å². The number of alkyl halides is 2. The van der Waals surface area contributed by atoms with Crippen molar-refractivity contribution in [3.63, 3.8) is 0 Å². The van der Waals surface area contributed by atoms with Crippen molar-refractivity contribution >= 4 is 35.0 Å². The second kappa shape index (κ2) is 3.35. The van der Waals surface area contributed by atoms with Crippen LogP contribution in [0.2, 0.25) is 0 Å². The highest BCUT2D eigenvalue weighted by Gasteiger charge is 2.37. The van der Waals surface area contributed by atoms with Crippen molar-refractivity contribution in [2.24, 2.45) is 0 Å². The second-order valence-electron chi connectivity index (χ2n) is 3.40. The molecule has 0 saturated carbocycles. The second-order valence-corrected chi connectivity index (χ2v) is 6.00. The molecule has 2 saturated heterocycles. The zero-order chi connectivity index (χ0) is 7.84. The summed E-state index contributed by atoms with van der Waals surface area (Å²) in [7, 11) is 0. The molecular formula is C8H12Cl2S. The average molecular weight is 211 g/mol. The predicted octanol–water partition coefficient (Wildman–Crippen LogP) is 3.26. The number of hydrogen-bond acceptors (Lipinski definition) is 1. The van der Waals surface area contributed by atoms with Gasteiger partial charge in [0.15, 0.2) is 0 Å². The summed E-state index contributed by atoms with van der Waals surface area (Å²) in [4.78, 5) is 0. The summed E-state index contributed by atoms with van der Waals surface area (Å²) in [5.41, 5.74) is 0. The molecule has 0 aliphatic carbocycles. The Labute approximate surface area is 82.0 Å². The molecule has 2 heterocycles. The smallest absolute Gasteiger partial charge is 0.0455 e. The normalized spacial score (nSPS) is 50.7. The first-order valence-corrected chi connectivity index (χ1v) is 6.02. The molecule has 0 spiro atoms. The summed E-state index contributed by atoms with van der Waals surface area (Å²) in [5, 5.41) is 2.23. The highest BCUT2D eigenvalue weighted by atomic mass is 35.5. The molecule has 0 aromatic heterocycles. The Morgan fingerprint density at radius 3 is 1.73 bits per heavy atom. The molecule has 2 rings (SSSR count). The SMILES string of the molecule is Cl[C@H]1CC[C@H]2S[C@H]1CC[C@@H]2Cl. The maximum Gasteiger partial charge on any atom is 0.0455 e. The zero-order valence-corrected chi connectivity index (χ0v) is 8.63. The molecule has 0 unspecified atom stereocenters. The van der Waals surface area contributed by atoms with Crippen LogP contribution in [0.5, 0.6) is 0 Å². The Bertz CT molecular complexity index is 135. The summed E-state index contributed by atoms with van der Waals surface area (Å²) in [6, 6.07) is 0. The summed E-state index contributed by atoms with van der Waals surface area (Å²) >= 11 is 14.4. The summed E-state index contributed by atoms with van der Waals surface area (Å²) in [5.74, 6) is 0. The predicted molar refractivity (Wildman–Crippen MR) is 52.9 cm³/mol. The Hall–Kier alpha value is 0.930. The van der Waals surface area contributed by atoms with Crippen LogP contribution in [-0.2, 0) is 0 Å². The lowest BCUT2D eigenvalue weighted by atomic mass is 9.98. The highest BCUT2D eigenvalue weighted by molar-refractivity contribution is 8.00. The van der Waals surface area contributed by atoms with Crippen molar-refractivity contribution < 1.29 is 0 Å². The van der Waals surface area contributed by atoms with Crippen LogP contribution in [0.4, 0.5) is 0 Å². The average Bonchev–Trinajstić information content (AvgIpc) is 2.02. The Kier molecular flexibility index (Phi) is 2.60. The van der Waals surface area contributed by atoms with E-state index >= 15 is 0 Å². The van der Waals surface area contributed by atoms with Crippen molar-refractivity contribution in [2.75, 3.05) is 0 Å². The third-order valence-electron chi connectivity index (χ3n) is 2.61. The molecule has 0 aromatic rings. The topological polar surface area (TPSA) is 0 Å². The van der Waals surface area contributed by atoms with Crippen LogP contribution in [0.3, 0.4) is 0 Å². The summed E-state index contributed by atoms with van der Waals surface area (Å²) in [6.07, 6.45) is 4.80. The molecule has 64 valence electrons. The van der Waals surface area contributed by atoms with Crippen molar-refractivity contribution in [3.8, 4) is 0 Å². The van der Waals surface area contributed by atoms with E-state index in [1.165, 1.54) is 25.7 Å². The van der Waals surface area contributed by atoms with E-state index in [9.17, 15) is 0 Å². The molecular weight excluding hydrogens is 199 g/mol. The van der Waals surface area contributed by atoms with Gasteiger partial charge in [-0.3, -0.25) is 0 Å². The monoisotopic (exact) mass is 210 g/mol. The Morgan fingerprint density at radius 2 is 1.27 bits per heavy atom. The lowest BCUT2D eigenvalue weighted by molar-refractivity contribution is 0.501. The first-order valence-electron chi connectivity index (χ1n) is 4.21. The van der Waals surface area contributed by atoms with Crippen molar-refractivity contribution in [1.82, 2.24) is 0 Å². The fraction of sp³-hybridized carbons (Fsp3) is 1.00. The molecule has 0 amide bonds. The molecule has 0 nitrogen and oxygen atoms in total. The number of halogens is 2. The maximum absolute atomic E-state index is 6.17. The van der Waals surface area contributed by atoms with Crippen molar-refractivity contribution in [2.45, 2.75) is 46.9 Å². The molecule has 2 aliphatic rings. The fourth-order valence-electron chi connectivity index (χ4n) is 1.91. The van der Waals surface area contributed by atoms with Gasteiger partial charge in [0, 0.05) is 21.3 Å². The van der Waals surface area contributed by atoms with Gasteiger partial charge in [-0.05, 0) is 25.7 Å². The largest absolute Gasteiger partial charge is 0.152 e. The lowest BCUT2D eigenvalue weighted by Gasteiger charge is -2.39. The van der Waals surface area contributed by atoms with Crippen LogP contribution < -0.4 is 0 Å². The standard InChI is InChI=1S/C8H12Cl2S/c9-5-1-3-7-6(10)2-4-8(5)11-7/h5-8H,1-4H2/t5-,6-,7-,8+/m0/s1. The lowest BCUT2D eigenvalue weighted by Crippen LogP contribution is -2.37. The van der Waals surface area contributed by atoms with Gasteiger partial charge in [-0.2, -0.15) is 11.8 Å². The minimum absolute atomic E-state index is 0.417. The number of hydrogen-bond donors (Lipinski definition) is 0. The zero-order valence-electron chi connectivity index (χ0n) is 6.30. The molecule has 2 fully saturated rings. The van der Waals surface area contributed by atoms with Crippen LogP contribution >= 0.6 is 35.0 Å². The Balaban J connectivity index is 2.02. The van der Waals surface area contributed by atoms with Gasteiger partial charge in [0.1, 0.15) is 0 Å². The van der Waals surface area contributed by atoms with E-state index in [0.29, 0.717) is 21.3 Å². The van der Waals surface area contributed by atoms with Gasteiger partial charge < -0.3 is 0 Å². The molecule has 3 heteroatoms. The molecule has 11 heavy (non-hydrogen) atoms. The summed E-state index contributed by atoms with van der Waals surface area (Å²) < 4.78 is 0. The minimum atomic E-state index is 0.417. The van der Waals surface area contributed by atoms with E-state index in [1.807, 2.05) is 11.8 Å². The van der Waals surface area contributed by atoms with Crippen molar-refractivity contribution in [3.05, 3.63) is 0 Å². The number of thioether (sulfide) groups is 1. The molecule has 2 bridgehead atoms. The summed E-state index contributed by atoms with van der Waals surface area (Å²) in [6.45, 7) is 0. The molecule has 0 N–H and O–H groups in total. The van der Waals surface area contributed by atoms with Gasteiger partial charge >= 0.3 is 0 Å². The van der Waals surface area contributed by atoms with Crippen LogP contribution in [0.25, 0.3) is 0 Å². The van der Waals surface area contributed by atoms with E-state index in [1.54, 1.807) is 0 Å². The van der Waals surface area contributed by atoms with E-state index in [2.05, 4.69) is 0 Å². The number of rotatable bonds is 0. The molecule has 2 aliphatic heterocycles. The third-order valence-corrected chi connectivity index (χ3v) is 5.78. The van der Waals surface area contributed by atoms with Gasteiger partial charge in [-0.25, -0.2) is 0 Å². The quantitative estimate of drug-likeness (QED) is 0.554. The molecule has 0 radical (unpaired) electrons.